The maximum Gasteiger partial charge on any atom is 0.310 e. The molecule has 3 saturated carbocycles. The van der Waals surface area contributed by atoms with Crippen molar-refractivity contribution < 1.29 is 14.7 Å². The normalized spacial score (nSPS) is 53.1. The van der Waals surface area contributed by atoms with Crippen molar-refractivity contribution in [1.82, 2.24) is 4.90 Å². The van der Waals surface area contributed by atoms with Crippen molar-refractivity contribution in [2.24, 2.45) is 34.0 Å². The second-order valence-electron chi connectivity index (χ2n) is 11.8. The third kappa shape index (κ3) is 2.28. The third-order valence-corrected chi connectivity index (χ3v) is 11.1. The minimum absolute atomic E-state index is 0.0873. The number of nitrogens with zero attached hydrogens (tertiary/aromatic N) is 1. The zero-order chi connectivity index (χ0) is 21.5. The lowest BCUT2D eigenvalue weighted by Gasteiger charge is -2.69. The van der Waals surface area contributed by atoms with Crippen molar-refractivity contribution in [2.45, 2.75) is 96.6 Å². The second-order valence-corrected chi connectivity index (χ2v) is 11.8. The molecule has 2 aliphatic heterocycles. The van der Waals surface area contributed by atoms with E-state index in [4.69, 9.17) is 6.42 Å². The lowest BCUT2D eigenvalue weighted by Crippen LogP contribution is -2.72. The van der Waals surface area contributed by atoms with E-state index in [1.54, 1.807) is 0 Å². The van der Waals surface area contributed by atoms with Gasteiger partial charge < -0.3 is 5.11 Å². The highest BCUT2D eigenvalue weighted by molar-refractivity contribution is 5.89. The largest absolute Gasteiger partial charge is 0.481 e. The van der Waals surface area contributed by atoms with Crippen molar-refractivity contribution in [3.63, 3.8) is 0 Å². The van der Waals surface area contributed by atoms with E-state index in [0.717, 1.165) is 64.3 Å². The van der Waals surface area contributed by atoms with E-state index < -0.39 is 16.8 Å². The fourth-order valence-corrected chi connectivity index (χ4v) is 9.57. The molecule has 1 N–H and O–H groups in total. The molecule has 0 radical (unpaired) electrons. The van der Waals surface area contributed by atoms with Crippen molar-refractivity contribution >= 4 is 11.8 Å². The number of carboxylic acids is 1. The lowest BCUT2D eigenvalue weighted by molar-refractivity contribution is -0.198. The molecule has 0 spiro atoms. The molecule has 30 heavy (non-hydrogen) atoms. The number of terminal acetylenes is 1. The number of ketones is 1. The molecule has 5 fully saturated rings. The van der Waals surface area contributed by atoms with E-state index in [-0.39, 0.29) is 22.7 Å². The molecule has 2 heterocycles. The molecule has 0 amide bonds. The number of fused-ring (bicyclic) bond motifs is 7. The van der Waals surface area contributed by atoms with Gasteiger partial charge in [0.2, 0.25) is 0 Å². The molecule has 4 nitrogen and oxygen atoms in total. The van der Waals surface area contributed by atoms with Crippen molar-refractivity contribution in [1.29, 1.82) is 0 Å². The standard InChI is InChI=1S/C26H37NO3/c1-5-23(2)19-10-14-25(4)20(24(19,3)13-11-21(23)28)9-8-18-17-7-6-12-26(17,22(29)30)15-16-27(18)25/h1,17-20H,6-16H2,2-4H3,(H,29,30). The van der Waals surface area contributed by atoms with Crippen molar-refractivity contribution in [3.8, 4) is 12.3 Å². The number of hydrogen-bond acceptors (Lipinski definition) is 3. The molecular weight excluding hydrogens is 374 g/mol. The van der Waals surface area contributed by atoms with E-state index in [0.29, 0.717) is 24.3 Å². The topological polar surface area (TPSA) is 57.6 Å². The van der Waals surface area contributed by atoms with Crippen molar-refractivity contribution in [2.75, 3.05) is 6.54 Å². The summed E-state index contributed by atoms with van der Waals surface area (Å²) in [7, 11) is 0. The van der Waals surface area contributed by atoms with Crippen LogP contribution < -0.4 is 0 Å². The SMILES string of the molecule is C#CC1(C)C(=O)CCC2(C)C1CCC1(C)C2CCC2C3CCCC3(C(=O)O)CCN21. The monoisotopic (exact) mass is 411 g/mol. The molecule has 0 aromatic heterocycles. The van der Waals surface area contributed by atoms with Crippen LogP contribution in [0.1, 0.15) is 85.0 Å². The highest BCUT2D eigenvalue weighted by Gasteiger charge is 2.67. The quantitative estimate of drug-likeness (QED) is 0.645. The Hall–Kier alpha value is -1.34. The van der Waals surface area contributed by atoms with Crippen LogP contribution in [0.4, 0.5) is 0 Å². The number of Topliss-reactive ketones (excluding diaryl/α,β-unsaturated/α-hetero) is 1. The average Bonchev–Trinajstić information content (AvgIpc) is 3.17. The maximum absolute atomic E-state index is 12.8. The molecule has 5 aliphatic rings. The van der Waals surface area contributed by atoms with Gasteiger partial charge in [0, 0.05) is 24.5 Å². The summed E-state index contributed by atoms with van der Waals surface area (Å²) in [6.07, 6.45) is 15.6. The van der Waals surface area contributed by atoms with E-state index in [1.165, 1.54) is 0 Å². The highest BCUT2D eigenvalue weighted by atomic mass is 16.4. The Kier molecular flexibility index (Phi) is 4.35. The van der Waals surface area contributed by atoms with Gasteiger partial charge in [-0.25, -0.2) is 0 Å². The molecule has 8 unspecified atom stereocenters. The number of carboxylic acid groups (broad SMARTS) is 1. The van der Waals surface area contributed by atoms with E-state index in [9.17, 15) is 14.7 Å². The first-order valence-electron chi connectivity index (χ1n) is 12.1. The number of carbonyl (C=O) groups excluding carboxylic acids is 1. The molecule has 0 bridgehead atoms. The zero-order valence-corrected chi connectivity index (χ0v) is 18.9. The highest BCUT2D eigenvalue weighted by Crippen LogP contribution is 2.66. The summed E-state index contributed by atoms with van der Waals surface area (Å²) in [4.78, 5) is 27.9. The fourth-order valence-electron chi connectivity index (χ4n) is 9.57. The summed E-state index contributed by atoms with van der Waals surface area (Å²) in [5.41, 5.74) is -0.927. The summed E-state index contributed by atoms with van der Waals surface area (Å²) >= 11 is 0. The third-order valence-electron chi connectivity index (χ3n) is 11.1. The van der Waals surface area contributed by atoms with Gasteiger partial charge in [0.25, 0.3) is 0 Å². The Morgan fingerprint density at radius 1 is 1.07 bits per heavy atom. The van der Waals surface area contributed by atoms with Gasteiger partial charge in [-0.3, -0.25) is 14.5 Å². The number of carbonyl (C=O) groups is 2. The van der Waals surface area contributed by atoms with Gasteiger partial charge in [-0.15, -0.1) is 6.42 Å². The van der Waals surface area contributed by atoms with Crippen LogP contribution in [0.25, 0.3) is 0 Å². The average molecular weight is 412 g/mol. The van der Waals surface area contributed by atoms with Gasteiger partial charge in [0.15, 0.2) is 5.78 Å². The van der Waals surface area contributed by atoms with Gasteiger partial charge in [-0.05, 0) is 88.4 Å². The van der Waals surface area contributed by atoms with Gasteiger partial charge in [-0.2, -0.15) is 0 Å². The van der Waals surface area contributed by atoms with Crippen LogP contribution in [0.15, 0.2) is 0 Å². The second kappa shape index (κ2) is 6.35. The molecular formula is C26H37NO3. The van der Waals surface area contributed by atoms with E-state index >= 15 is 0 Å². The Balaban J connectivity index is 1.50. The molecule has 8 atom stereocenters. The number of aliphatic carboxylic acids is 1. The van der Waals surface area contributed by atoms with E-state index in [2.05, 4.69) is 24.7 Å². The molecule has 4 heteroatoms. The Bertz CT molecular complexity index is 831. The first-order valence-corrected chi connectivity index (χ1v) is 12.1. The lowest BCUT2D eigenvalue weighted by atomic mass is 9.42. The minimum Gasteiger partial charge on any atom is -0.481 e. The first-order chi connectivity index (χ1) is 14.1. The molecule has 0 aromatic rings. The Morgan fingerprint density at radius 3 is 2.53 bits per heavy atom. The van der Waals surface area contributed by atoms with Crippen LogP contribution in [0.5, 0.6) is 0 Å². The Morgan fingerprint density at radius 2 is 1.83 bits per heavy atom. The van der Waals surface area contributed by atoms with Crippen LogP contribution >= 0.6 is 0 Å². The molecule has 2 saturated heterocycles. The molecule has 5 rings (SSSR count). The van der Waals surface area contributed by atoms with Crippen LogP contribution in [0, 0.1) is 46.3 Å². The smallest absolute Gasteiger partial charge is 0.310 e. The summed E-state index contributed by atoms with van der Waals surface area (Å²) in [5, 5.41) is 10.1. The summed E-state index contributed by atoms with van der Waals surface area (Å²) in [5.74, 6) is 3.74. The number of hydrogen-bond donors (Lipinski definition) is 1. The van der Waals surface area contributed by atoms with Gasteiger partial charge in [-0.1, -0.05) is 19.3 Å². The fraction of sp³-hybridized carbons (Fsp3) is 0.846. The van der Waals surface area contributed by atoms with Crippen LogP contribution in [-0.2, 0) is 9.59 Å². The number of rotatable bonds is 1. The Labute approximate surface area is 181 Å². The van der Waals surface area contributed by atoms with E-state index in [1.807, 2.05) is 6.92 Å². The minimum atomic E-state index is -0.628. The molecule has 3 aliphatic carbocycles. The van der Waals surface area contributed by atoms with Gasteiger partial charge >= 0.3 is 5.97 Å². The summed E-state index contributed by atoms with van der Waals surface area (Å²) in [6.45, 7) is 7.81. The predicted octanol–water partition coefficient (Wildman–Crippen LogP) is 4.52. The predicted molar refractivity (Wildman–Crippen MR) is 116 cm³/mol. The number of piperidine rings is 2. The first kappa shape index (κ1) is 20.6. The summed E-state index contributed by atoms with van der Waals surface area (Å²) < 4.78 is 0. The van der Waals surface area contributed by atoms with Gasteiger partial charge in [0.05, 0.1) is 10.8 Å². The maximum atomic E-state index is 12.8. The van der Waals surface area contributed by atoms with Crippen molar-refractivity contribution in [3.05, 3.63) is 0 Å². The van der Waals surface area contributed by atoms with Gasteiger partial charge in [0.1, 0.15) is 0 Å². The summed E-state index contributed by atoms with van der Waals surface area (Å²) in [6, 6.07) is 0.406. The molecule has 164 valence electrons. The van der Waals surface area contributed by atoms with Crippen LogP contribution in [0.3, 0.4) is 0 Å². The van der Waals surface area contributed by atoms with Crippen LogP contribution in [0.2, 0.25) is 0 Å². The molecule has 0 aromatic carbocycles. The van der Waals surface area contributed by atoms with Crippen LogP contribution in [-0.4, -0.2) is 39.9 Å². The zero-order valence-electron chi connectivity index (χ0n) is 18.9.